The van der Waals surface area contributed by atoms with Crippen LogP contribution in [0.25, 0.3) is 0 Å². The minimum atomic E-state index is -1.57. The molecule has 0 rings (SSSR count). The maximum atomic E-state index is 8.83. The van der Waals surface area contributed by atoms with Crippen LogP contribution in [-0.4, -0.2) is 36.9 Å². The second kappa shape index (κ2) is 4.13. The monoisotopic (exact) mass is 180 g/mol. The van der Waals surface area contributed by atoms with Crippen LogP contribution >= 0.6 is 0 Å². The Morgan fingerprint density at radius 1 is 1.08 bits per heavy atom. The second-order valence-corrected chi connectivity index (χ2v) is 2.97. The van der Waals surface area contributed by atoms with Crippen LogP contribution in [0.5, 0.6) is 0 Å². The molecule has 0 aromatic carbocycles. The Bertz CT molecular complexity index is 116. The molecule has 0 aliphatic carbocycles. The van der Waals surface area contributed by atoms with Crippen molar-refractivity contribution in [3.8, 4) is 0 Å². The summed E-state index contributed by atoms with van der Waals surface area (Å²) in [5, 5.41) is 35.0. The summed E-state index contributed by atoms with van der Waals surface area (Å²) in [7, 11) is 0. The lowest BCUT2D eigenvalue weighted by Crippen LogP contribution is -2.59. The first kappa shape index (κ1) is 11.8. The van der Waals surface area contributed by atoms with E-state index in [1.807, 2.05) is 0 Å². The van der Waals surface area contributed by atoms with E-state index < -0.39 is 5.66 Å². The largest absolute Gasteiger partial charge is 0.288 e. The van der Waals surface area contributed by atoms with Gasteiger partial charge in [0.2, 0.25) is 0 Å². The zero-order valence-electron chi connectivity index (χ0n) is 7.47. The van der Waals surface area contributed by atoms with Crippen LogP contribution in [0.1, 0.15) is 27.2 Å². The molecular weight excluding hydrogens is 164 g/mol. The average Bonchev–Trinajstić information content (AvgIpc) is 1.86. The van der Waals surface area contributed by atoms with Gasteiger partial charge in [0.15, 0.2) is 5.66 Å². The Morgan fingerprint density at radius 3 is 1.42 bits per heavy atom. The SMILES string of the molecule is CCC(C(C)C)(N(O)O)N(O)O. The van der Waals surface area contributed by atoms with Crippen molar-refractivity contribution in [1.82, 2.24) is 10.5 Å². The van der Waals surface area contributed by atoms with Gasteiger partial charge in [-0.1, -0.05) is 20.8 Å². The van der Waals surface area contributed by atoms with E-state index in [4.69, 9.17) is 20.8 Å². The summed E-state index contributed by atoms with van der Waals surface area (Å²) in [5.74, 6) is -0.354. The molecule has 0 radical (unpaired) electrons. The first-order valence-electron chi connectivity index (χ1n) is 3.75. The summed E-state index contributed by atoms with van der Waals surface area (Å²) >= 11 is 0. The van der Waals surface area contributed by atoms with E-state index in [0.717, 1.165) is 0 Å². The van der Waals surface area contributed by atoms with Gasteiger partial charge in [0.25, 0.3) is 0 Å². The molecule has 0 atom stereocenters. The highest BCUT2D eigenvalue weighted by Gasteiger charge is 2.43. The average molecular weight is 180 g/mol. The van der Waals surface area contributed by atoms with Gasteiger partial charge in [-0.05, 0) is 22.8 Å². The number of hydroxylamine groups is 4. The Hall–Kier alpha value is -0.240. The van der Waals surface area contributed by atoms with Crippen molar-refractivity contribution in [2.45, 2.75) is 32.9 Å². The van der Waals surface area contributed by atoms with Gasteiger partial charge in [-0.15, -0.1) is 0 Å². The molecule has 0 saturated heterocycles. The molecule has 0 aliphatic heterocycles. The Kier molecular flexibility index (Phi) is 4.04. The lowest BCUT2D eigenvalue weighted by atomic mass is 9.94. The Morgan fingerprint density at radius 2 is 1.42 bits per heavy atom. The van der Waals surface area contributed by atoms with Crippen molar-refractivity contribution < 1.29 is 20.8 Å². The van der Waals surface area contributed by atoms with Crippen LogP contribution in [-0.2, 0) is 0 Å². The van der Waals surface area contributed by atoms with Crippen molar-refractivity contribution in [2.75, 3.05) is 0 Å². The summed E-state index contributed by atoms with van der Waals surface area (Å²) in [6, 6.07) is 0. The zero-order valence-corrected chi connectivity index (χ0v) is 7.47. The van der Waals surface area contributed by atoms with Gasteiger partial charge in [-0.2, -0.15) is 0 Å². The van der Waals surface area contributed by atoms with E-state index >= 15 is 0 Å². The summed E-state index contributed by atoms with van der Waals surface area (Å²) < 4.78 is 0. The van der Waals surface area contributed by atoms with Gasteiger partial charge >= 0.3 is 0 Å². The third-order valence-electron chi connectivity index (χ3n) is 2.14. The van der Waals surface area contributed by atoms with Gasteiger partial charge in [0.1, 0.15) is 0 Å². The van der Waals surface area contributed by atoms with E-state index in [9.17, 15) is 0 Å². The van der Waals surface area contributed by atoms with E-state index in [0.29, 0.717) is 0 Å². The van der Waals surface area contributed by atoms with E-state index in [-0.39, 0.29) is 22.8 Å². The molecule has 0 aromatic rings. The standard InChI is InChI=1S/C6H16N2O4/c1-4-6(5(2)3,7(9)10)8(11)12/h5,9-12H,4H2,1-3H3. The first-order valence-corrected chi connectivity index (χ1v) is 3.75. The molecule has 0 heterocycles. The molecule has 0 fully saturated rings. The summed E-state index contributed by atoms with van der Waals surface area (Å²) in [5.41, 5.74) is -1.57. The van der Waals surface area contributed by atoms with E-state index in [1.165, 1.54) is 0 Å². The number of rotatable bonds is 4. The summed E-state index contributed by atoms with van der Waals surface area (Å²) in [4.78, 5) is 0. The molecular formula is C6H16N2O4. The lowest BCUT2D eigenvalue weighted by Gasteiger charge is -2.40. The number of nitrogens with zero attached hydrogens (tertiary/aromatic N) is 2. The maximum absolute atomic E-state index is 8.83. The third-order valence-corrected chi connectivity index (χ3v) is 2.14. The summed E-state index contributed by atoms with van der Waals surface area (Å²) in [6.45, 7) is 4.89. The van der Waals surface area contributed by atoms with Crippen molar-refractivity contribution in [1.29, 1.82) is 0 Å². The highest BCUT2D eigenvalue weighted by Crippen LogP contribution is 2.27. The lowest BCUT2D eigenvalue weighted by molar-refractivity contribution is -0.498. The molecule has 0 spiro atoms. The fourth-order valence-electron chi connectivity index (χ4n) is 1.23. The van der Waals surface area contributed by atoms with Crippen molar-refractivity contribution in [2.24, 2.45) is 5.92 Å². The quantitative estimate of drug-likeness (QED) is 0.380. The van der Waals surface area contributed by atoms with E-state index in [1.54, 1.807) is 20.8 Å². The maximum Gasteiger partial charge on any atom is 0.176 e. The normalized spacial score (nSPS) is 13.5. The number of hydrogen-bond acceptors (Lipinski definition) is 6. The Labute approximate surface area is 71.1 Å². The van der Waals surface area contributed by atoms with Crippen LogP contribution < -0.4 is 0 Å². The molecule has 0 unspecified atom stereocenters. The molecule has 4 N–H and O–H groups in total. The van der Waals surface area contributed by atoms with Gasteiger partial charge in [-0.25, -0.2) is 0 Å². The molecule has 0 saturated carbocycles. The van der Waals surface area contributed by atoms with Crippen molar-refractivity contribution in [3.63, 3.8) is 0 Å². The molecule has 0 aromatic heterocycles. The number of hydrogen-bond donors (Lipinski definition) is 4. The van der Waals surface area contributed by atoms with Crippen LogP contribution in [0.4, 0.5) is 0 Å². The molecule has 6 nitrogen and oxygen atoms in total. The third kappa shape index (κ3) is 1.74. The van der Waals surface area contributed by atoms with Crippen LogP contribution in [0.15, 0.2) is 0 Å². The van der Waals surface area contributed by atoms with Gasteiger partial charge < -0.3 is 0 Å². The highest BCUT2D eigenvalue weighted by atomic mass is 16.8. The van der Waals surface area contributed by atoms with Crippen LogP contribution in [0, 0.1) is 5.92 Å². The predicted molar refractivity (Wildman–Crippen MR) is 38.7 cm³/mol. The zero-order chi connectivity index (χ0) is 9.94. The minimum absolute atomic E-state index is 0.157. The smallest absolute Gasteiger partial charge is 0.176 e. The van der Waals surface area contributed by atoms with Crippen molar-refractivity contribution in [3.05, 3.63) is 0 Å². The minimum Gasteiger partial charge on any atom is -0.288 e. The summed E-state index contributed by atoms with van der Waals surface area (Å²) in [6.07, 6.45) is 0.157. The Balaban J connectivity index is 4.77. The van der Waals surface area contributed by atoms with Crippen LogP contribution in [0.3, 0.4) is 0 Å². The van der Waals surface area contributed by atoms with Crippen molar-refractivity contribution >= 4 is 0 Å². The fraction of sp³-hybridized carbons (Fsp3) is 1.00. The fourth-order valence-corrected chi connectivity index (χ4v) is 1.23. The van der Waals surface area contributed by atoms with Gasteiger partial charge in [0.05, 0.1) is 0 Å². The predicted octanol–water partition coefficient (Wildman–Crippen LogP) is 0.910. The first-order chi connectivity index (χ1) is 5.39. The topological polar surface area (TPSA) is 87.4 Å². The molecule has 6 heteroatoms. The molecule has 74 valence electrons. The molecule has 0 aliphatic rings. The molecule has 0 amide bonds. The van der Waals surface area contributed by atoms with E-state index in [2.05, 4.69) is 0 Å². The highest BCUT2D eigenvalue weighted by molar-refractivity contribution is 4.78. The second-order valence-electron chi connectivity index (χ2n) is 2.97. The van der Waals surface area contributed by atoms with Gasteiger partial charge in [-0.3, -0.25) is 20.8 Å². The molecule has 0 bridgehead atoms. The van der Waals surface area contributed by atoms with Gasteiger partial charge in [0, 0.05) is 0 Å². The molecule has 12 heavy (non-hydrogen) atoms. The van der Waals surface area contributed by atoms with Crippen LogP contribution in [0.2, 0.25) is 0 Å².